The molecule has 0 saturated heterocycles. The van der Waals surface area contributed by atoms with Gasteiger partial charge in [0.1, 0.15) is 11.7 Å². The van der Waals surface area contributed by atoms with Gasteiger partial charge in [0.15, 0.2) is 5.65 Å². The third-order valence-corrected chi connectivity index (χ3v) is 5.18. The fourth-order valence-corrected chi connectivity index (χ4v) is 3.51. The number of fused-ring (bicyclic) bond motifs is 1. The zero-order chi connectivity index (χ0) is 23.6. The van der Waals surface area contributed by atoms with Crippen molar-refractivity contribution in [2.24, 2.45) is 0 Å². The van der Waals surface area contributed by atoms with E-state index in [9.17, 15) is 22.8 Å². The molecule has 0 unspecified atom stereocenters. The van der Waals surface area contributed by atoms with Crippen molar-refractivity contribution < 1.29 is 18.0 Å². The van der Waals surface area contributed by atoms with E-state index in [0.29, 0.717) is 22.6 Å². The Morgan fingerprint density at radius 1 is 1.12 bits per heavy atom. The van der Waals surface area contributed by atoms with Gasteiger partial charge >= 0.3 is 6.18 Å². The molecule has 170 valence electrons. The van der Waals surface area contributed by atoms with Gasteiger partial charge in [-0.1, -0.05) is 23.7 Å². The highest BCUT2D eigenvalue weighted by atomic mass is 35.5. The molecule has 0 radical (unpaired) electrons. The predicted octanol–water partition coefficient (Wildman–Crippen LogP) is 3.74. The SMILES string of the molecule is O=C(NCCn1ncc2c(=O)n(Cc3cccc(Cl)c3)cnc21)c1ccc(C(F)(F)F)cc1. The first-order chi connectivity index (χ1) is 15.7. The molecule has 0 bridgehead atoms. The van der Waals surface area contributed by atoms with Gasteiger partial charge in [-0.05, 0) is 42.0 Å². The molecule has 0 atom stereocenters. The number of nitrogens with zero attached hydrogens (tertiary/aromatic N) is 4. The molecule has 0 saturated carbocycles. The van der Waals surface area contributed by atoms with Gasteiger partial charge in [0, 0.05) is 17.1 Å². The minimum absolute atomic E-state index is 0.107. The van der Waals surface area contributed by atoms with Crippen molar-refractivity contribution in [1.29, 1.82) is 0 Å². The zero-order valence-electron chi connectivity index (χ0n) is 17.0. The second kappa shape index (κ2) is 9.07. The van der Waals surface area contributed by atoms with Crippen LogP contribution in [-0.2, 0) is 19.3 Å². The number of hydrogen-bond acceptors (Lipinski definition) is 4. The van der Waals surface area contributed by atoms with Gasteiger partial charge in [0.25, 0.3) is 11.5 Å². The van der Waals surface area contributed by atoms with Crippen LogP contribution in [0, 0.1) is 0 Å². The monoisotopic (exact) mass is 475 g/mol. The lowest BCUT2D eigenvalue weighted by molar-refractivity contribution is -0.137. The minimum atomic E-state index is -4.46. The summed E-state index contributed by atoms with van der Waals surface area (Å²) >= 11 is 5.99. The highest BCUT2D eigenvalue weighted by Crippen LogP contribution is 2.29. The molecule has 0 spiro atoms. The molecular weight excluding hydrogens is 459 g/mol. The molecule has 4 aromatic rings. The molecule has 11 heteroatoms. The van der Waals surface area contributed by atoms with Crippen molar-refractivity contribution in [2.75, 3.05) is 6.54 Å². The lowest BCUT2D eigenvalue weighted by Crippen LogP contribution is -2.28. The summed E-state index contributed by atoms with van der Waals surface area (Å²) in [5.41, 5.74) is 0.236. The summed E-state index contributed by atoms with van der Waals surface area (Å²) < 4.78 is 40.9. The lowest BCUT2D eigenvalue weighted by atomic mass is 10.1. The Morgan fingerprint density at radius 3 is 2.58 bits per heavy atom. The number of amides is 1. The van der Waals surface area contributed by atoms with Crippen LogP contribution in [0.15, 0.2) is 65.8 Å². The summed E-state index contributed by atoms with van der Waals surface area (Å²) in [6.07, 6.45) is -1.63. The fraction of sp³-hybridized carbons (Fsp3) is 0.182. The molecule has 2 heterocycles. The first kappa shape index (κ1) is 22.5. The maximum Gasteiger partial charge on any atom is 0.416 e. The van der Waals surface area contributed by atoms with E-state index in [1.165, 1.54) is 21.8 Å². The van der Waals surface area contributed by atoms with Crippen LogP contribution in [0.4, 0.5) is 13.2 Å². The van der Waals surface area contributed by atoms with Gasteiger partial charge in [-0.2, -0.15) is 18.3 Å². The molecule has 4 rings (SSSR count). The zero-order valence-corrected chi connectivity index (χ0v) is 17.8. The normalized spacial score (nSPS) is 11.6. The van der Waals surface area contributed by atoms with Gasteiger partial charge in [-0.25, -0.2) is 9.67 Å². The maximum absolute atomic E-state index is 12.8. The van der Waals surface area contributed by atoms with E-state index in [4.69, 9.17) is 11.6 Å². The smallest absolute Gasteiger partial charge is 0.350 e. The van der Waals surface area contributed by atoms with E-state index in [2.05, 4.69) is 15.4 Å². The van der Waals surface area contributed by atoms with E-state index in [1.54, 1.807) is 18.2 Å². The maximum atomic E-state index is 12.8. The molecule has 7 nitrogen and oxygen atoms in total. The highest BCUT2D eigenvalue weighted by molar-refractivity contribution is 6.30. The molecule has 2 aromatic heterocycles. The third-order valence-electron chi connectivity index (χ3n) is 4.95. The van der Waals surface area contributed by atoms with E-state index < -0.39 is 17.6 Å². The van der Waals surface area contributed by atoms with Gasteiger partial charge in [0.05, 0.1) is 24.8 Å². The van der Waals surface area contributed by atoms with Crippen LogP contribution >= 0.6 is 11.6 Å². The summed E-state index contributed by atoms with van der Waals surface area (Å²) in [6.45, 7) is 0.668. The minimum Gasteiger partial charge on any atom is -0.350 e. The van der Waals surface area contributed by atoms with Crippen LogP contribution in [0.3, 0.4) is 0 Å². The molecular formula is C22H17ClF3N5O2. The standard InChI is InChI=1S/C22H17ClF3N5O2/c23-17-3-1-2-14(10-17)12-30-13-28-19-18(21(30)33)11-29-31(19)9-8-27-20(32)15-4-6-16(7-5-15)22(24,25)26/h1-7,10-11,13H,8-9,12H2,(H,27,32). The van der Waals surface area contributed by atoms with Crippen molar-refractivity contribution in [3.63, 3.8) is 0 Å². The topological polar surface area (TPSA) is 81.8 Å². The quantitative estimate of drug-likeness (QED) is 0.460. The van der Waals surface area contributed by atoms with Gasteiger partial charge in [-0.15, -0.1) is 0 Å². The number of halogens is 4. The van der Waals surface area contributed by atoms with Crippen LogP contribution < -0.4 is 10.9 Å². The molecule has 2 aromatic carbocycles. The molecule has 0 fully saturated rings. The van der Waals surface area contributed by atoms with E-state index in [0.717, 1.165) is 29.8 Å². The Morgan fingerprint density at radius 2 is 1.88 bits per heavy atom. The van der Waals surface area contributed by atoms with E-state index >= 15 is 0 Å². The molecule has 0 aliphatic heterocycles. The number of nitrogens with one attached hydrogen (secondary N) is 1. The summed E-state index contributed by atoms with van der Waals surface area (Å²) in [4.78, 5) is 29.3. The highest BCUT2D eigenvalue weighted by Gasteiger charge is 2.30. The Kier molecular flexibility index (Phi) is 6.19. The first-order valence-electron chi connectivity index (χ1n) is 9.83. The predicted molar refractivity (Wildman–Crippen MR) is 116 cm³/mol. The van der Waals surface area contributed by atoms with Crippen molar-refractivity contribution >= 4 is 28.5 Å². The lowest BCUT2D eigenvalue weighted by Gasteiger charge is -2.09. The number of carbonyl (C=O) groups excluding carboxylic acids is 1. The van der Waals surface area contributed by atoms with Crippen molar-refractivity contribution in [2.45, 2.75) is 19.3 Å². The Balaban J connectivity index is 1.41. The van der Waals surface area contributed by atoms with Crippen LogP contribution in [0.25, 0.3) is 11.0 Å². The average Bonchev–Trinajstić information content (AvgIpc) is 3.19. The number of hydrogen-bond donors (Lipinski definition) is 1. The molecule has 33 heavy (non-hydrogen) atoms. The second-order valence-electron chi connectivity index (χ2n) is 7.24. The van der Waals surface area contributed by atoms with Gasteiger partial charge in [-0.3, -0.25) is 14.2 Å². The molecule has 0 aliphatic rings. The second-order valence-corrected chi connectivity index (χ2v) is 7.68. The number of alkyl halides is 3. The number of carbonyl (C=O) groups is 1. The third kappa shape index (κ3) is 5.06. The molecule has 0 aliphatic carbocycles. The van der Waals surface area contributed by atoms with Crippen LogP contribution in [0.2, 0.25) is 5.02 Å². The molecule has 1 N–H and O–H groups in total. The molecule has 1 amide bonds. The van der Waals surface area contributed by atoms with Crippen LogP contribution in [-0.4, -0.2) is 31.8 Å². The Hall–Kier alpha value is -3.66. The fourth-order valence-electron chi connectivity index (χ4n) is 3.29. The van der Waals surface area contributed by atoms with Gasteiger partial charge in [0.2, 0.25) is 0 Å². The summed E-state index contributed by atoms with van der Waals surface area (Å²) in [5.74, 6) is -0.517. The van der Waals surface area contributed by atoms with Crippen molar-refractivity contribution in [3.05, 3.63) is 93.1 Å². The number of benzene rings is 2. The number of aromatic nitrogens is 4. The summed E-state index contributed by atoms with van der Waals surface area (Å²) in [6, 6.07) is 11.1. The van der Waals surface area contributed by atoms with E-state index in [-0.39, 0.29) is 24.2 Å². The van der Waals surface area contributed by atoms with Crippen molar-refractivity contribution in [3.8, 4) is 0 Å². The van der Waals surface area contributed by atoms with Crippen molar-refractivity contribution in [1.82, 2.24) is 24.6 Å². The summed E-state index contributed by atoms with van der Waals surface area (Å²) in [7, 11) is 0. The Labute approximate surface area is 190 Å². The van der Waals surface area contributed by atoms with Crippen LogP contribution in [0.1, 0.15) is 21.5 Å². The first-order valence-corrected chi connectivity index (χ1v) is 10.2. The Bertz CT molecular complexity index is 1360. The van der Waals surface area contributed by atoms with E-state index in [1.807, 2.05) is 6.07 Å². The summed E-state index contributed by atoms with van der Waals surface area (Å²) in [5, 5.41) is 7.69. The van der Waals surface area contributed by atoms with Crippen LogP contribution in [0.5, 0.6) is 0 Å². The largest absolute Gasteiger partial charge is 0.416 e. The average molecular weight is 476 g/mol. The number of rotatable bonds is 6. The van der Waals surface area contributed by atoms with Gasteiger partial charge < -0.3 is 5.32 Å².